The van der Waals surface area contributed by atoms with E-state index in [0.29, 0.717) is 5.92 Å². The Bertz CT molecular complexity index is 474. The van der Waals surface area contributed by atoms with Crippen LogP contribution in [0.5, 0.6) is 0 Å². The summed E-state index contributed by atoms with van der Waals surface area (Å²) in [6.45, 7) is 2.75. The van der Waals surface area contributed by atoms with Crippen molar-refractivity contribution in [1.29, 1.82) is 0 Å². The molecule has 1 atom stereocenters. The molecule has 16 heavy (non-hydrogen) atoms. The third-order valence-corrected chi connectivity index (χ3v) is 3.03. The molecule has 1 N–H and O–H groups in total. The van der Waals surface area contributed by atoms with Gasteiger partial charge in [0.25, 0.3) is 0 Å². The molecule has 0 aromatic carbocycles. The lowest BCUT2D eigenvalue weighted by Gasteiger charge is -2.09. The second kappa shape index (κ2) is 4.14. The molecule has 1 aliphatic rings. The van der Waals surface area contributed by atoms with Crippen molar-refractivity contribution < 1.29 is 4.74 Å². The highest BCUT2D eigenvalue weighted by Gasteiger charge is 2.15. The van der Waals surface area contributed by atoms with Gasteiger partial charge in [0.1, 0.15) is 0 Å². The van der Waals surface area contributed by atoms with Gasteiger partial charge in [-0.05, 0) is 18.6 Å². The van der Waals surface area contributed by atoms with Crippen LogP contribution in [-0.2, 0) is 4.74 Å². The Morgan fingerprint density at radius 2 is 2.50 bits per heavy atom. The summed E-state index contributed by atoms with van der Waals surface area (Å²) in [7, 11) is 0. The van der Waals surface area contributed by atoms with E-state index in [1.54, 1.807) is 0 Å². The predicted molar refractivity (Wildman–Crippen MR) is 62.6 cm³/mol. The van der Waals surface area contributed by atoms with Crippen LogP contribution in [0, 0.1) is 5.92 Å². The molecule has 1 unspecified atom stereocenters. The molecule has 0 amide bonds. The van der Waals surface area contributed by atoms with Crippen molar-refractivity contribution in [3.8, 4) is 0 Å². The number of hydrogen-bond acceptors (Lipinski definition) is 3. The summed E-state index contributed by atoms with van der Waals surface area (Å²) in [5.41, 5.74) is 2.23. The van der Waals surface area contributed by atoms with Crippen molar-refractivity contribution in [1.82, 2.24) is 9.61 Å². The zero-order valence-electron chi connectivity index (χ0n) is 9.10. The summed E-state index contributed by atoms with van der Waals surface area (Å²) in [5.74, 6) is 0.638. The zero-order chi connectivity index (χ0) is 10.8. The second-order valence-corrected chi connectivity index (χ2v) is 4.20. The number of fused-ring (bicyclic) bond motifs is 1. The Morgan fingerprint density at radius 3 is 3.38 bits per heavy atom. The van der Waals surface area contributed by atoms with Crippen molar-refractivity contribution >= 4 is 11.2 Å². The minimum absolute atomic E-state index is 0.638. The van der Waals surface area contributed by atoms with Crippen molar-refractivity contribution in [2.24, 2.45) is 5.92 Å². The van der Waals surface area contributed by atoms with Crippen LogP contribution in [0.2, 0.25) is 0 Å². The lowest BCUT2D eigenvalue weighted by molar-refractivity contribution is 0.187. The number of aromatic nitrogens is 2. The molecule has 0 bridgehead atoms. The monoisotopic (exact) mass is 217 g/mol. The quantitative estimate of drug-likeness (QED) is 0.851. The van der Waals surface area contributed by atoms with E-state index in [4.69, 9.17) is 4.74 Å². The maximum Gasteiger partial charge on any atom is 0.0893 e. The molecule has 1 saturated heterocycles. The normalized spacial score (nSPS) is 20.4. The van der Waals surface area contributed by atoms with Crippen LogP contribution in [-0.4, -0.2) is 29.4 Å². The minimum atomic E-state index is 0.638. The van der Waals surface area contributed by atoms with Crippen LogP contribution >= 0.6 is 0 Å². The Morgan fingerprint density at radius 1 is 1.50 bits per heavy atom. The molecule has 84 valence electrons. The first-order valence-electron chi connectivity index (χ1n) is 5.67. The first-order chi connectivity index (χ1) is 7.93. The molecule has 4 nitrogen and oxygen atoms in total. The molecular weight excluding hydrogens is 202 g/mol. The van der Waals surface area contributed by atoms with E-state index < -0.39 is 0 Å². The van der Waals surface area contributed by atoms with Crippen molar-refractivity contribution in [3.63, 3.8) is 0 Å². The van der Waals surface area contributed by atoms with E-state index in [2.05, 4.69) is 16.5 Å². The molecule has 4 heteroatoms. The average molecular weight is 217 g/mol. The Kier molecular flexibility index (Phi) is 2.50. The second-order valence-electron chi connectivity index (χ2n) is 4.20. The topological polar surface area (TPSA) is 38.6 Å². The number of ether oxygens (including phenoxy) is 1. The lowest BCUT2D eigenvalue weighted by atomic mass is 10.1. The van der Waals surface area contributed by atoms with Crippen LogP contribution in [0.4, 0.5) is 5.69 Å². The molecule has 2 aromatic rings. The average Bonchev–Trinajstić information content (AvgIpc) is 2.96. The third kappa shape index (κ3) is 1.76. The van der Waals surface area contributed by atoms with E-state index in [1.165, 1.54) is 0 Å². The maximum atomic E-state index is 5.35. The number of nitrogens with one attached hydrogen (secondary N) is 1. The number of nitrogens with zero attached hydrogens (tertiary/aromatic N) is 2. The van der Waals surface area contributed by atoms with E-state index in [1.807, 2.05) is 29.0 Å². The Hall–Kier alpha value is -1.55. The molecule has 2 aromatic heterocycles. The highest BCUT2D eigenvalue weighted by Crippen LogP contribution is 2.18. The smallest absolute Gasteiger partial charge is 0.0893 e. The molecule has 0 saturated carbocycles. The van der Waals surface area contributed by atoms with Gasteiger partial charge in [0.2, 0.25) is 0 Å². The summed E-state index contributed by atoms with van der Waals surface area (Å²) in [4.78, 5) is 0. The van der Waals surface area contributed by atoms with Crippen LogP contribution in [0.15, 0.2) is 30.6 Å². The largest absolute Gasteiger partial charge is 0.382 e. The minimum Gasteiger partial charge on any atom is -0.382 e. The van der Waals surface area contributed by atoms with Crippen molar-refractivity contribution in [3.05, 3.63) is 30.6 Å². The fraction of sp³-hybridized carbons (Fsp3) is 0.417. The number of hydrogen-bond donors (Lipinski definition) is 1. The van der Waals surface area contributed by atoms with E-state index in [-0.39, 0.29) is 0 Å². The zero-order valence-corrected chi connectivity index (χ0v) is 9.10. The van der Waals surface area contributed by atoms with Crippen molar-refractivity contribution in [2.75, 3.05) is 25.1 Å². The van der Waals surface area contributed by atoms with E-state index in [0.717, 1.165) is 37.4 Å². The summed E-state index contributed by atoms with van der Waals surface area (Å²) < 4.78 is 7.24. The third-order valence-electron chi connectivity index (χ3n) is 3.03. The molecule has 0 radical (unpaired) electrons. The lowest BCUT2D eigenvalue weighted by Crippen LogP contribution is -2.13. The van der Waals surface area contributed by atoms with Gasteiger partial charge in [-0.25, -0.2) is 4.52 Å². The summed E-state index contributed by atoms with van der Waals surface area (Å²) in [6.07, 6.45) is 5.00. The maximum absolute atomic E-state index is 5.35. The fourth-order valence-corrected chi connectivity index (χ4v) is 2.07. The van der Waals surface area contributed by atoms with Crippen LogP contribution in [0.25, 0.3) is 5.52 Å². The molecule has 1 fully saturated rings. The summed E-state index contributed by atoms with van der Waals surface area (Å²) in [6, 6.07) is 6.08. The van der Waals surface area contributed by atoms with Crippen LogP contribution in [0.3, 0.4) is 0 Å². The van der Waals surface area contributed by atoms with Gasteiger partial charge >= 0.3 is 0 Å². The van der Waals surface area contributed by atoms with Crippen LogP contribution in [0.1, 0.15) is 6.42 Å². The Balaban J connectivity index is 1.73. The van der Waals surface area contributed by atoms with Crippen LogP contribution < -0.4 is 5.32 Å². The first-order valence-corrected chi connectivity index (χ1v) is 5.67. The van der Waals surface area contributed by atoms with Gasteiger partial charge < -0.3 is 10.1 Å². The molecule has 0 aliphatic carbocycles. The molecule has 3 heterocycles. The SMILES string of the molecule is c1ccn2ncc(NCC3CCOC3)c2c1. The predicted octanol–water partition coefficient (Wildman–Crippen LogP) is 1.78. The number of rotatable bonds is 3. The standard InChI is InChI=1S/C12H15N3O/c1-2-5-15-12(3-1)11(8-14-15)13-7-10-4-6-16-9-10/h1-3,5,8,10,13H,4,6-7,9H2. The highest BCUT2D eigenvalue weighted by atomic mass is 16.5. The number of anilines is 1. The van der Waals surface area contributed by atoms with Gasteiger partial charge in [-0.1, -0.05) is 6.07 Å². The van der Waals surface area contributed by atoms with Gasteiger partial charge in [0, 0.05) is 25.3 Å². The molecule has 0 spiro atoms. The summed E-state index contributed by atoms with van der Waals surface area (Å²) >= 11 is 0. The van der Waals surface area contributed by atoms with E-state index >= 15 is 0 Å². The number of pyridine rings is 1. The van der Waals surface area contributed by atoms with Gasteiger partial charge in [-0.15, -0.1) is 0 Å². The fourth-order valence-electron chi connectivity index (χ4n) is 2.07. The van der Waals surface area contributed by atoms with Gasteiger partial charge in [0.15, 0.2) is 0 Å². The van der Waals surface area contributed by atoms with Gasteiger partial charge in [-0.3, -0.25) is 0 Å². The highest BCUT2D eigenvalue weighted by molar-refractivity contribution is 5.70. The Labute approximate surface area is 94.2 Å². The first kappa shape index (κ1) is 9.66. The van der Waals surface area contributed by atoms with Gasteiger partial charge in [-0.2, -0.15) is 5.10 Å². The molecule has 3 rings (SSSR count). The van der Waals surface area contributed by atoms with E-state index in [9.17, 15) is 0 Å². The van der Waals surface area contributed by atoms with Gasteiger partial charge in [0.05, 0.1) is 24.0 Å². The summed E-state index contributed by atoms with van der Waals surface area (Å²) in [5, 5.41) is 7.73. The molecular formula is C12H15N3O. The van der Waals surface area contributed by atoms with Crippen molar-refractivity contribution in [2.45, 2.75) is 6.42 Å². The molecule has 1 aliphatic heterocycles.